The number of carboxylic acids is 1. The highest BCUT2D eigenvalue weighted by Crippen LogP contribution is 2.19. The number of carbonyl (C=O) groups is 1. The smallest absolute Gasteiger partial charge is 0.335 e. The first-order chi connectivity index (χ1) is 10.2. The van der Waals surface area contributed by atoms with E-state index in [1.54, 1.807) is 18.2 Å². The largest absolute Gasteiger partial charge is 0.494 e. The van der Waals surface area contributed by atoms with Crippen molar-refractivity contribution < 1.29 is 14.6 Å². The number of ether oxygens (including phenoxy) is 1. The SMILES string of the molecule is CC[C@@H]1CCCCN1CCCOc1cccc(C(=O)O)c1. The highest BCUT2D eigenvalue weighted by molar-refractivity contribution is 5.87. The van der Waals surface area contributed by atoms with Crippen molar-refractivity contribution in [3.63, 3.8) is 0 Å². The molecule has 2 rings (SSSR count). The first-order valence-electron chi connectivity index (χ1n) is 7.91. The fourth-order valence-corrected chi connectivity index (χ4v) is 2.99. The molecule has 1 aliphatic heterocycles. The van der Waals surface area contributed by atoms with E-state index in [0.717, 1.165) is 19.0 Å². The number of rotatable bonds is 7. The number of carboxylic acid groups (broad SMARTS) is 1. The molecule has 0 unspecified atom stereocenters. The third-order valence-electron chi connectivity index (χ3n) is 4.16. The predicted octanol–water partition coefficient (Wildman–Crippen LogP) is 3.42. The third kappa shape index (κ3) is 4.74. The van der Waals surface area contributed by atoms with Gasteiger partial charge in [-0.15, -0.1) is 0 Å². The molecule has 1 atom stereocenters. The fraction of sp³-hybridized carbons (Fsp3) is 0.588. The number of benzene rings is 1. The fourth-order valence-electron chi connectivity index (χ4n) is 2.99. The molecule has 1 fully saturated rings. The molecular formula is C17H25NO3. The van der Waals surface area contributed by atoms with Gasteiger partial charge in [-0.1, -0.05) is 19.4 Å². The average molecular weight is 291 g/mol. The van der Waals surface area contributed by atoms with Crippen LogP contribution in [0, 0.1) is 0 Å². The molecule has 0 aliphatic carbocycles. The molecule has 1 N–H and O–H groups in total. The lowest BCUT2D eigenvalue weighted by Crippen LogP contribution is -2.40. The highest BCUT2D eigenvalue weighted by Gasteiger charge is 2.19. The molecule has 0 bridgehead atoms. The number of nitrogens with zero attached hydrogens (tertiary/aromatic N) is 1. The zero-order valence-corrected chi connectivity index (χ0v) is 12.8. The topological polar surface area (TPSA) is 49.8 Å². The Morgan fingerprint density at radius 1 is 1.43 bits per heavy atom. The maximum atomic E-state index is 10.9. The summed E-state index contributed by atoms with van der Waals surface area (Å²) in [5.41, 5.74) is 0.273. The van der Waals surface area contributed by atoms with Crippen LogP contribution in [0.1, 0.15) is 49.4 Å². The normalized spacial score (nSPS) is 19.4. The average Bonchev–Trinajstić information content (AvgIpc) is 2.52. The highest BCUT2D eigenvalue weighted by atomic mass is 16.5. The molecule has 0 aromatic heterocycles. The van der Waals surface area contributed by atoms with Crippen molar-refractivity contribution in [1.29, 1.82) is 0 Å². The van der Waals surface area contributed by atoms with Gasteiger partial charge in [0.15, 0.2) is 0 Å². The monoisotopic (exact) mass is 291 g/mol. The minimum Gasteiger partial charge on any atom is -0.494 e. The van der Waals surface area contributed by atoms with Crippen LogP contribution in [0.5, 0.6) is 5.75 Å². The van der Waals surface area contributed by atoms with Crippen molar-refractivity contribution in [2.45, 2.75) is 45.1 Å². The summed E-state index contributed by atoms with van der Waals surface area (Å²) in [7, 11) is 0. The minimum atomic E-state index is -0.917. The van der Waals surface area contributed by atoms with Crippen molar-refractivity contribution >= 4 is 5.97 Å². The summed E-state index contributed by atoms with van der Waals surface area (Å²) in [6.07, 6.45) is 6.18. The quantitative estimate of drug-likeness (QED) is 0.782. The van der Waals surface area contributed by atoms with E-state index < -0.39 is 5.97 Å². The van der Waals surface area contributed by atoms with Crippen molar-refractivity contribution in [2.24, 2.45) is 0 Å². The molecular weight excluding hydrogens is 266 g/mol. The van der Waals surface area contributed by atoms with Crippen LogP contribution >= 0.6 is 0 Å². The summed E-state index contributed by atoms with van der Waals surface area (Å²) in [5.74, 6) is -0.278. The Hall–Kier alpha value is -1.55. The van der Waals surface area contributed by atoms with E-state index in [1.807, 2.05) is 6.07 Å². The van der Waals surface area contributed by atoms with E-state index in [0.29, 0.717) is 12.4 Å². The summed E-state index contributed by atoms with van der Waals surface area (Å²) in [6, 6.07) is 7.42. The van der Waals surface area contributed by atoms with E-state index in [4.69, 9.17) is 9.84 Å². The maximum absolute atomic E-state index is 10.9. The van der Waals surface area contributed by atoms with Gasteiger partial charge in [0, 0.05) is 12.6 Å². The second-order valence-corrected chi connectivity index (χ2v) is 5.63. The van der Waals surface area contributed by atoms with Gasteiger partial charge in [0.05, 0.1) is 12.2 Å². The summed E-state index contributed by atoms with van der Waals surface area (Å²) in [5, 5.41) is 8.95. The van der Waals surface area contributed by atoms with Crippen LogP contribution in [0.15, 0.2) is 24.3 Å². The van der Waals surface area contributed by atoms with Gasteiger partial charge in [0.25, 0.3) is 0 Å². The lowest BCUT2D eigenvalue weighted by molar-refractivity contribution is 0.0696. The lowest BCUT2D eigenvalue weighted by atomic mass is 10.00. The van der Waals surface area contributed by atoms with Crippen LogP contribution in [0.3, 0.4) is 0 Å². The Kier molecular flexibility index (Phi) is 6.05. The Bertz CT molecular complexity index is 461. The van der Waals surface area contributed by atoms with E-state index >= 15 is 0 Å². The van der Waals surface area contributed by atoms with Gasteiger partial charge in [0.2, 0.25) is 0 Å². The predicted molar refractivity (Wildman–Crippen MR) is 83.0 cm³/mol. The minimum absolute atomic E-state index is 0.273. The van der Waals surface area contributed by atoms with Crippen LogP contribution in [-0.4, -0.2) is 41.7 Å². The standard InChI is InChI=1S/C17H25NO3/c1-2-15-8-3-4-10-18(15)11-6-12-21-16-9-5-7-14(13-16)17(19)20/h5,7,9,13,15H,2-4,6,8,10-12H2,1H3,(H,19,20)/t15-/m1/s1. The van der Waals surface area contributed by atoms with Gasteiger partial charge < -0.3 is 14.7 Å². The first kappa shape index (κ1) is 15.8. The zero-order valence-electron chi connectivity index (χ0n) is 12.8. The molecule has 1 heterocycles. The molecule has 0 amide bonds. The second-order valence-electron chi connectivity index (χ2n) is 5.63. The maximum Gasteiger partial charge on any atom is 0.335 e. The summed E-state index contributed by atoms with van der Waals surface area (Å²) >= 11 is 0. The van der Waals surface area contributed by atoms with Crippen molar-refractivity contribution in [2.75, 3.05) is 19.7 Å². The molecule has 1 aromatic carbocycles. The van der Waals surface area contributed by atoms with Crippen molar-refractivity contribution in [1.82, 2.24) is 4.90 Å². The molecule has 0 radical (unpaired) electrons. The molecule has 1 aromatic rings. The Morgan fingerprint density at radius 3 is 3.05 bits per heavy atom. The lowest BCUT2D eigenvalue weighted by Gasteiger charge is -2.35. The Morgan fingerprint density at radius 2 is 2.29 bits per heavy atom. The number of likely N-dealkylation sites (tertiary alicyclic amines) is 1. The second kappa shape index (κ2) is 8.03. The van der Waals surface area contributed by atoms with Crippen LogP contribution in [0.4, 0.5) is 0 Å². The summed E-state index contributed by atoms with van der Waals surface area (Å²) < 4.78 is 5.67. The van der Waals surface area contributed by atoms with Crippen LogP contribution < -0.4 is 4.74 Å². The van der Waals surface area contributed by atoms with Gasteiger partial charge in [-0.25, -0.2) is 4.79 Å². The van der Waals surface area contributed by atoms with Crippen LogP contribution in [-0.2, 0) is 0 Å². The Balaban J connectivity index is 1.74. The van der Waals surface area contributed by atoms with Gasteiger partial charge in [0.1, 0.15) is 5.75 Å². The van der Waals surface area contributed by atoms with Crippen molar-refractivity contribution in [3.8, 4) is 5.75 Å². The van der Waals surface area contributed by atoms with E-state index in [9.17, 15) is 4.79 Å². The molecule has 1 saturated heterocycles. The van der Waals surface area contributed by atoms with Crippen molar-refractivity contribution in [3.05, 3.63) is 29.8 Å². The van der Waals surface area contributed by atoms with Crippen LogP contribution in [0.2, 0.25) is 0 Å². The number of hydrogen-bond donors (Lipinski definition) is 1. The molecule has 4 heteroatoms. The van der Waals surface area contributed by atoms with E-state index in [1.165, 1.54) is 32.2 Å². The molecule has 116 valence electrons. The summed E-state index contributed by atoms with van der Waals surface area (Å²) in [6.45, 7) is 5.16. The van der Waals surface area contributed by atoms with Gasteiger partial charge in [-0.2, -0.15) is 0 Å². The molecule has 1 aliphatic rings. The first-order valence-corrected chi connectivity index (χ1v) is 7.91. The number of piperidine rings is 1. The van der Waals surface area contributed by atoms with Gasteiger partial charge >= 0.3 is 5.97 Å². The number of aromatic carboxylic acids is 1. The Labute approximate surface area is 126 Å². The third-order valence-corrected chi connectivity index (χ3v) is 4.16. The molecule has 4 nitrogen and oxygen atoms in total. The molecule has 0 saturated carbocycles. The van der Waals surface area contributed by atoms with E-state index in [-0.39, 0.29) is 5.56 Å². The van der Waals surface area contributed by atoms with E-state index in [2.05, 4.69) is 11.8 Å². The van der Waals surface area contributed by atoms with Gasteiger partial charge in [-0.3, -0.25) is 0 Å². The van der Waals surface area contributed by atoms with Crippen LogP contribution in [0.25, 0.3) is 0 Å². The molecule has 0 spiro atoms. The molecule has 21 heavy (non-hydrogen) atoms. The zero-order chi connectivity index (χ0) is 15.1. The van der Waals surface area contributed by atoms with Gasteiger partial charge in [-0.05, 0) is 50.4 Å². The number of hydrogen-bond acceptors (Lipinski definition) is 3. The summed E-state index contributed by atoms with van der Waals surface area (Å²) in [4.78, 5) is 13.5.